The molecule has 35 heavy (non-hydrogen) atoms. The lowest BCUT2D eigenvalue weighted by atomic mass is 10.2. The van der Waals surface area contributed by atoms with Crippen LogP contribution in [0.25, 0.3) is 0 Å². The van der Waals surface area contributed by atoms with Gasteiger partial charge in [0.1, 0.15) is 24.9 Å². The number of carbonyl (C=O) groups excluding carboxylic acids is 3. The molecule has 10 heteroatoms. The largest absolute Gasteiger partial charge is 0.445 e. The van der Waals surface area contributed by atoms with Crippen molar-refractivity contribution >= 4 is 24.1 Å². The summed E-state index contributed by atoms with van der Waals surface area (Å²) in [7, 11) is 1.43. The average Bonchev–Trinajstić information content (AvgIpc) is 2.82. The Morgan fingerprint density at radius 2 is 1.60 bits per heavy atom. The van der Waals surface area contributed by atoms with Crippen molar-refractivity contribution in [3.05, 3.63) is 71.8 Å². The summed E-state index contributed by atoms with van der Waals surface area (Å²) in [6.45, 7) is 5.17. The topological polar surface area (TPSA) is 110 Å². The van der Waals surface area contributed by atoms with E-state index in [4.69, 9.17) is 14.3 Å². The molecule has 1 heterocycles. The van der Waals surface area contributed by atoms with Crippen molar-refractivity contribution in [1.29, 1.82) is 0 Å². The predicted octanol–water partition coefficient (Wildman–Crippen LogP) is 3.48. The van der Waals surface area contributed by atoms with E-state index in [-0.39, 0.29) is 25.7 Å². The van der Waals surface area contributed by atoms with E-state index in [0.717, 1.165) is 20.9 Å². The van der Waals surface area contributed by atoms with Gasteiger partial charge in [-0.2, -0.15) is 0 Å². The van der Waals surface area contributed by atoms with Gasteiger partial charge in [0, 0.05) is 7.05 Å². The van der Waals surface area contributed by atoms with Crippen LogP contribution >= 0.6 is 0 Å². The van der Waals surface area contributed by atoms with Gasteiger partial charge in [0.25, 0.3) is 11.9 Å². The normalized spacial score (nSPS) is 16.9. The average molecular weight is 483 g/mol. The zero-order valence-corrected chi connectivity index (χ0v) is 20.3. The summed E-state index contributed by atoms with van der Waals surface area (Å²) in [6, 6.07) is 17.5. The minimum atomic E-state index is -1.03. The van der Waals surface area contributed by atoms with Crippen molar-refractivity contribution in [2.45, 2.75) is 45.6 Å². The van der Waals surface area contributed by atoms with Crippen molar-refractivity contribution in [1.82, 2.24) is 15.1 Å². The fourth-order valence-electron chi connectivity index (χ4n) is 3.14. The molecule has 0 aromatic heterocycles. The van der Waals surface area contributed by atoms with E-state index in [2.05, 4.69) is 10.5 Å². The van der Waals surface area contributed by atoms with Gasteiger partial charge < -0.3 is 14.3 Å². The smallest absolute Gasteiger partial charge is 0.417 e. The molecule has 0 bridgehead atoms. The lowest BCUT2D eigenvalue weighted by molar-refractivity contribution is -0.126. The summed E-state index contributed by atoms with van der Waals surface area (Å²) in [4.78, 5) is 46.0. The van der Waals surface area contributed by atoms with Crippen molar-refractivity contribution < 1.29 is 28.7 Å². The zero-order valence-electron chi connectivity index (χ0n) is 20.3. The van der Waals surface area contributed by atoms with E-state index in [0.29, 0.717) is 0 Å². The van der Waals surface area contributed by atoms with E-state index < -0.39 is 29.7 Å². The van der Waals surface area contributed by atoms with E-state index in [1.54, 1.807) is 20.8 Å². The van der Waals surface area contributed by atoms with Gasteiger partial charge in [-0.25, -0.2) is 14.5 Å². The number of nitrogens with zero attached hydrogens (tertiary/aromatic N) is 3. The second kappa shape index (κ2) is 11.4. The molecule has 10 nitrogen and oxygen atoms in total. The van der Waals surface area contributed by atoms with Crippen LogP contribution in [0.15, 0.2) is 65.8 Å². The number of carbonyl (C=O) groups is 3. The van der Waals surface area contributed by atoms with Crippen molar-refractivity contribution in [3.8, 4) is 0 Å². The van der Waals surface area contributed by atoms with Crippen LogP contribution in [-0.4, -0.2) is 59.1 Å². The number of amides is 3. The van der Waals surface area contributed by atoms with Crippen LogP contribution in [0.1, 0.15) is 31.9 Å². The van der Waals surface area contributed by atoms with Crippen molar-refractivity contribution in [3.63, 3.8) is 0 Å². The highest BCUT2D eigenvalue weighted by atomic mass is 16.6. The van der Waals surface area contributed by atoms with Gasteiger partial charge in [0.05, 0.1) is 6.54 Å². The number of ether oxygens (including phenoxy) is 2. The fourth-order valence-corrected chi connectivity index (χ4v) is 3.14. The van der Waals surface area contributed by atoms with Gasteiger partial charge in [-0.15, -0.1) is 0 Å². The maximum absolute atomic E-state index is 12.9. The Bertz CT molecular complexity index is 1050. The van der Waals surface area contributed by atoms with Gasteiger partial charge in [0.2, 0.25) is 0 Å². The highest BCUT2D eigenvalue weighted by Crippen LogP contribution is 2.16. The third kappa shape index (κ3) is 7.46. The molecule has 1 unspecified atom stereocenters. The number of likely N-dealkylation sites (N-methyl/N-ethyl adjacent to an activating group) is 1. The van der Waals surface area contributed by atoms with Crippen LogP contribution in [0, 0.1) is 0 Å². The Hall–Kier alpha value is -4.08. The molecule has 0 saturated carbocycles. The molecular formula is C25H30N4O6. The van der Waals surface area contributed by atoms with Gasteiger partial charge in [0.15, 0.2) is 0 Å². The van der Waals surface area contributed by atoms with Gasteiger partial charge in [-0.1, -0.05) is 60.7 Å². The molecule has 2 aromatic carbocycles. The quantitative estimate of drug-likeness (QED) is 0.632. The van der Waals surface area contributed by atoms with E-state index >= 15 is 0 Å². The molecule has 1 aliphatic rings. The van der Waals surface area contributed by atoms with E-state index in [9.17, 15) is 14.4 Å². The second-order valence-corrected chi connectivity index (χ2v) is 8.92. The fraction of sp³-hybridized carbons (Fsp3) is 0.360. The molecule has 2 aromatic rings. The van der Waals surface area contributed by atoms with Crippen LogP contribution in [0.3, 0.4) is 0 Å². The van der Waals surface area contributed by atoms with Crippen LogP contribution in [-0.2, 0) is 32.3 Å². The number of nitrogens with one attached hydrogen (secondary N) is 1. The van der Waals surface area contributed by atoms with Crippen LogP contribution in [0.5, 0.6) is 0 Å². The van der Waals surface area contributed by atoms with Crippen LogP contribution in [0.4, 0.5) is 9.59 Å². The lowest BCUT2D eigenvalue weighted by Crippen LogP contribution is -2.64. The first kappa shape index (κ1) is 25.5. The Morgan fingerprint density at radius 1 is 1.03 bits per heavy atom. The highest BCUT2D eigenvalue weighted by molar-refractivity contribution is 6.07. The molecule has 1 N–H and O–H groups in total. The molecule has 1 atom stereocenters. The van der Waals surface area contributed by atoms with Gasteiger partial charge in [-0.05, 0) is 37.1 Å². The SMILES string of the molecule is CN(C(=O)OCc1ccccc1)C1CN(C(=O)OC(C)(C)C)/C(=N/OCc2ccccc2)NC1=O. The number of hydrogen-bond donors (Lipinski definition) is 1. The molecule has 0 spiro atoms. The lowest BCUT2D eigenvalue weighted by Gasteiger charge is -2.36. The summed E-state index contributed by atoms with van der Waals surface area (Å²) >= 11 is 0. The molecule has 0 radical (unpaired) electrons. The van der Waals surface area contributed by atoms with Gasteiger partial charge in [-0.3, -0.25) is 15.0 Å². The number of hydrogen-bond acceptors (Lipinski definition) is 7. The molecule has 0 aliphatic carbocycles. The van der Waals surface area contributed by atoms with E-state index in [1.807, 2.05) is 60.7 Å². The maximum Gasteiger partial charge on any atom is 0.417 e. The minimum Gasteiger partial charge on any atom is -0.445 e. The second-order valence-electron chi connectivity index (χ2n) is 8.92. The first-order valence-electron chi connectivity index (χ1n) is 11.1. The number of oxime groups is 1. The Morgan fingerprint density at radius 3 is 2.17 bits per heavy atom. The minimum absolute atomic E-state index is 0.0498. The molecule has 3 amide bonds. The summed E-state index contributed by atoms with van der Waals surface area (Å²) < 4.78 is 10.8. The molecule has 1 aliphatic heterocycles. The predicted molar refractivity (Wildman–Crippen MR) is 128 cm³/mol. The summed E-state index contributed by atoms with van der Waals surface area (Å²) in [6.07, 6.45) is -1.45. The van der Waals surface area contributed by atoms with Crippen LogP contribution < -0.4 is 5.32 Å². The first-order valence-corrected chi connectivity index (χ1v) is 11.1. The van der Waals surface area contributed by atoms with E-state index in [1.165, 1.54) is 7.05 Å². The standard InChI is InChI=1S/C25H30N4O6/c1-25(2,3)35-24(32)29-15-20(28(4)23(31)33-16-18-11-7-5-8-12-18)21(30)26-22(29)27-34-17-19-13-9-6-10-14-19/h5-14,20H,15-17H2,1-4H3,(H,26,27,30). The van der Waals surface area contributed by atoms with Gasteiger partial charge >= 0.3 is 12.2 Å². The molecule has 1 saturated heterocycles. The highest BCUT2D eigenvalue weighted by Gasteiger charge is 2.40. The Labute approximate surface area is 204 Å². The Kier molecular flexibility index (Phi) is 8.30. The Balaban J connectivity index is 1.71. The van der Waals surface area contributed by atoms with Crippen LogP contribution in [0.2, 0.25) is 0 Å². The third-order valence-electron chi connectivity index (χ3n) is 4.95. The number of benzene rings is 2. The summed E-state index contributed by atoms with van der Waals surface area (Å²) in [5, 5.41) is 6.49. The summed E-state index contributed by atoms with van der Waals surface area (Å²) in [5.41, 5.74) is 0.883. The molecule has 186 valence electrons. The van der Waals surface area contributed by atoms with Crippen molar-refractivity contribution in [2.24, 2.45) is 5.16 Å². The summed E-state index contributed by atoms with van der Waals surface area (Å²) in [5.74, 6) is -0.659. The number of rotatable bonds is 6. The molecular weight excluding hydrogens is 452 g/mol. The maximum atomic E-state index is 12.9. The monoisotopic (exact) mass is 482 g/mol. The number of guanidine groups is 1. The first-order chi connectivity index (χ1) is 16.6. The van der Waals surface area contributed by atoms with Crippen molar-refractivity contribution in [2.75, 3.05) is 13.6 Å². The zero-order chi connectivity index (χ0) is 25.4. The molecule has 1 fully saturated rings. The molecule has 3 rings (SSSR count). The third-order valence-corrected chi connectivity index (χ3v) is 4.95.